The summed E-state index contributed by atoms with van der Waals surface area (Å²) in [5.74, 6) is 3.49. The van der Waals surface area contributed by atoms with Gasteiger partial charge in [-0.2, -0.15) is 39.8 Å². The number of nitrogens with zero attached hydrogens (tertiary/aromatic N) is 26. The van der Waals surface area contributed by atoms with Crippen molar-refractivity contribution in [2.24, 2.45) is 5.92 Å². The number of hydrogen-bond donors (Lipinski definition) is 11. The SMILES string of the molecule is CCN(CC)C(=O)c1sc(Nc2nc(C)cn3c(-c4cn[nH]c4)cnc23)cc1CN1CCCC1.CCN(Cc1cc(Nc2nc(C)cn3c(-c4cn[nH]c4)cnc23)sn1)C(C)(C)CO.CCOC(=O)C1CCN(Cc2ccc(Nc3nc(C)cn4c(-c5cn[nH]c5)cnc34)cc2)CC1.Cc1cn2c(-c3ccsc3)cnc2c(Nc2cc(CO)ns2)n1.Cc1cn2c(-c3nccs3)cnc2c(Nc2cc(CO)ns2)n1. The number of ether oxygens (including phenoxy) is 1. The monoisotopic (exact) mass is 2050 g/mol. The Bertz CT molecular complexity index is 7510. The van der Waals surface area contributed by atoms with Crippen LogP contribution in [0.25, 0.3) is 84.0 Å². The fourth-order valence-corrected chi connectivity index (χ4v) is 21.4. The molecule has 0 aliphatic carbocycles. The van der Waals surface area contributed by atoms with E-state index in [2.05, 4.69) is 189 Å². The van der Waals surface area contributed by atoms with Gasteiger partial charge in [-0.1, -0.05) is 19.1 Å². The molecule has 0 radical (unpaired) electrons. The maximum Gasteiger partial charge on any atom is 0.309 e. The van der Waals surface area contributed by atoms with Crippen molar-refractivity contribution in [1.82, 2.24) is 140 Å². The number of esters is 1. The summed E-state index contributed by atoms with van der Waals surface area (Å²) in [6, 6.07) is 18.2. The molecule has 0 unspecified atom stereocenters. The summed E-state index contributed by atoms with van der Waals surface area (Å²) in [7, 11) is 0. The summed E-state index contributed by atoms with van der Waals surface area (Å²) in [6.07, 6.45) is 35.8. The number of likely N-dealkylation sites (tertiary alicyclic amines) is 2. The van der Waals surface area contributed by atoms with E-state index in [-0.39, 0.29) is 43.2 Å². The van der Waals surface area contributed by atoms with Crippen LogP contribution in [0.3, 0.4) is 0 Å². The fourth-order valence-electron chi connectivity index (χ4n) is 17.1. The smallest absolute Gasteiger partial charge is 0.309 e. The van der Waals surface area contributed by atoms with Crippen LogP contribution in [0.4, 0.5) is 54.8 Å². The molecule has 2 aliphatic heterocycles. The molecule has 0 spiro atoms. The Balaban J connectivity index is 0.000000119. The number of nitrogens with one attached hydrogen (secondary N) is 8. The van der Waals surface area contributed by atoms with Crippen molar-refractivity contribution in [3.8, 4) is 55.7 Å². The molecule has 2 aliphatic rings. The molecule has 21 heterocycles. The Morgan fingerprint density at radius 3 is 1.32 bits per heavy atom. The zero-order valence-corrected chi connectivity index (χ0v) is 86.1. The lowest BCUT2D eigenvalue weighted by atomic mass is 9.96. The van der Waals surface area contributed by atoms with Gasteiger partial charge in [0.15, 0.2) is 57.3 Å². The number of aliphatic hydroxyl groups excluding tert-OH is 3. The van der Waals surface area contributed by atoms with Gasteiger partial charge in [-0.05, 0) is 221 Å². The highest BCUT2D eigenvalue weighted by atomic mass is 32.1. The van der Waals surface area contributed by atoms with Gasteiger partial charge < -0.3 is 51.5 Å². The van der Waals surface area contributed by atoms with E-state index in [9.17, 15) is 14.7 Å². The number of aromatic amines is 3. The number of imidazole rings is 5. The first kappa shape index (κ1) is 99.7. The van der Waals surface area contributed by atoms with Gasteiger partial charge >= 0.3 is 5.97 Å². The summed E-state index contributed by atoms with van der Waals surface area (Å²) in [6.45, 7) is 30.8. The highest BCUT2D eigenvalue weighted by molar-refractivity contribution is 7.18. The average Bonchev–Trinajstić information content (AvgIpc) is 1.64. The van der Waals surface area contributed by atoms with Gasteiger partial charge in [0.05, 0.1) is 160 Å². The molecular formula is C98H110N34O6S6. The molecule has 46 heteroatoms. The normalized spacial score (nSPS) is 13.0. The van der Waals surface area contributed by atoms with Crippen LogP contribution in [0.2, 0.25) is 0 Å². The molecule has 2 fully saturated rings. The summed E-state index contributed by atoms with van der Waals surface area (Å²) in [4.78, 5) is 85.3. The molecule has 11 N–H and O–H groups in total. The van der Waals surface area contributed by atoms with E-state index < -0.39 is 0 Å². The Morgan fingerprint density at radius 1 is 0.486 bits per heavy atom. The highest BCUT2D eigenvalue weighted by Gasteiger charge is 2.30. The summed E-state index contributed by atoms with van der Waals surface area (Å²) >= 11 is 8.69. The third-order valence-electron chi connectivity index (χ3n) is 24.3. The number of piperidine rings is 1. The second-order valence-electron chi connectivity index (χ2n) is 35.0. The first-order valence-corrected chi connectivity index (χ1v) is 52.1. The second kappa shape index (κ2) is 45.4. The molecule has 1 aromatic carbocycles. The number of H-pyrrole nitrogens is 3. The number of rotatable bonds is 31. The van der Waals surface area contributed by atoms with E-state index in [4.69, 9.17) is 19.9 Å². The molecule has 0 bridgehead atoms. The number of amides is 1. The number of thiazole rings is 1. The lowest BCUT2D eigenvalue weighted by Crippen LogP contribution is -2.46. The topological polar surface area (TPSA) is 466 Å². The van der Waals surface area contributed by atoms with Gasteiger partial charge in [-0.15, -0.1) is 22.7 Å². The van der Waals surface area contributed by atoms with Crippen LogP contribution in [0.5, 0.6) is 0 Å². The molecule has 0 saturated carbocycles. The fraction of sp³-hybridized carbons (Fsp3) is 0.316. The first-order valence-electron chi connectivity index (χ1n) is 47.1. The molecule has 144 heavy (non-hydrogen) atoms. The van der Waals surface area contributed by atoms with Gasteiger partial charge in [0.1, 0.15) is 25.7 Å². The Hall–Kier alpha value is -14.4. The molecule has 2 saturated heterocycles. The standard InChI is InChI=1S/C25H29N7O2.C24H30N8OS.C20H26N8OS.C15H13N5OS2.C14H12N6OS2/c1-3-34-25(33)19-8-10-31(11-9-19)16-18-4-6-21(7-5-18)30-23-24-26-14-22(20-12-27-28-13-20)32(24)15-17(2)29-23;1-4-31(5-2)24(33)21-17(15-30-8-6-7-9-30)10-20(34-21)29-22-23-25-13-19(18-11-26-27-12-18)32(23)14-16(3)28-22;1-5-27(20(3,4)12-29)11-15-6-17(30-26-15)25-18-19-21-9-16(14-7-22-23-8-14)28(19)10-13(2)24-18;1-9-6-20-12(10-2-3-22-8-10)5-16-15(20)14(17-9)18-13-4-11(7-21)19-23-13;1-8-6-20-10(14-15-2-3-22-14)5-16-13(20)12(17-8)18-11-4-9(7-21)19-23-11/h4-7,12-15,19H,3,8-11,16H2,1-2H3,(H,27,28)(H,29,30);10-14H,4-9,15H2,1-3H3,(H,26,27)(H,28,29);6-10,29H,5,11-12H2,1-4H3,(H,22,23)(H,24,25);2-6,8,21H,7H2,1H3,(H,17,18);2-6,21H,7H2,1H3,(H,17,18). The van der Waals surface area contributed by atoms with Crippen LogP contribution >= 0.6 is 68.6 Å². The zero-order chi connectivity index (χ0) is 100. The van der Waals surface area contributed by atoms with E-state index >= 15 is 0 Å². The molecule has 20 aromatic rings. The number of carbonyl (C=O) groups excluding carboxylic acids is 2. The number of fused-ring (bicyclic) bond motifs is 5. The molecule has 744 valence electrons. The van der Waals surface area contributed by atoms with Gasteiger partial charge in [0, 0.05) is 133 Å². The summed E-state index contributed by atoms with van der Waals surface area (Å²) < 4.78 is 28.2. The minimum atomic E-state index is -0.296. The number of hydrogen-bond acceptors (Lipinski definition) is 37. The van der Waals surface area contributed by atoms with Crippen LogP contribution in [-0.4, -0.2) is 232 Å². The summed E-state index contributed by atoms with van der Waals surface area (Å²) in [5.41, 5.74) is 22.2. The number of likely N-dealkylation sites (N-methyl/N-ethyl adjacent to an activating group) is 1. The molecular weight excluding hydrogens is 1940 g/mol. The van der Waals surface area contributed by atoms with Gasteiger partial charge in [-0.3, -0.25) is 61.6 Å². The number of aliphatic hydroxyl groups is 3. The van der Waals surface area contributed by atoms with Crippen molar-refractivity contribution in [2.45, 2.75) is 140 Å². The van der Waals surface area contributed by atoms with E-state index in [1.54, 1.807) is 59.7 Å². The van der Waals surface area contributed by atoms with E-state index in [0.717, 1.165) is 213 Å². The minimum Gasteiger partial charge on any atom is -0.466 e. The van der Waals surface area contributed by atoms with Gasteiger partial charge in [0.2, 0.25) is 0 Å². The first-order chi connectivity index (χ1) is 70.1. The van der Waals surface area contributed by atoms with Crippen molar-refractivity contribution in [1.29, 1.82) is 0 Å². The van der Waals surface area contributed by atoms with Crippen LogP contribution in [0.15, 0.2) is 176 Å². The quantitative estimate of drug-likeness (QED) is 0.0180. The zero-order valence-electron chi connectivity index (χ0n) is 81.2. The van der Waals surface area contributed by atoms with E-state index in [0.29, 0.717) is 66.7 Å². The number of thiophene rings is 2. The van der Waals surface area contributed by atoms with Gasteiger partial charge in [0.25, 0.3) is 5.91 Å². The molecule has 22 rings (SSSR count). The van der Waals surface area contributed by atoms with Crippen LogP contribution in [-0.2, 0) is 42.4 Å². The largest absolute Gasteiger partial charge is 0.466 e. The van der Waals surface area contributed by atoms with Crippen molar-refractivity contribution in [2.75, 3.05) is 85.6 Å². The lowest BCUT2D eigenvalue weighted by Gasteiger charge is -2.35. The Morgan fingerprint density at radius 2 is 0.917 bits per heavy atom. The predicted octanol–water partition coefficient (Wildman–Crippen LogP) is 17.8. The molecule has 19 aromatic heterocycles. The predicted molar refractivity (Wildman–Crippen MR) is 565 cm³/mol. The van der Waals surface area contributed by atoms with Crippen LogP contribution < -0.4 is 26.6 Å². The van der Waals surface area contributed by atoms with Crippen molar-refractivity contribution < 1.29 is 29.6 Å². The van der Waals surface area contributed by atoms with E-state index in [1.807, 2.05) is 188 Å². The number of benzene rings is 1. The third kappa shape index (κ3) is 23.1. The Labute approximate surface area is 852 Å². The molecule has 40 nitrogen and oxygen atoms in total. The Kier molecular flexibility index (Phi) is 31.5. The van der Waals surface area contributed by atoms with E-state index in [1.165, 1.54) is 64.3 Å². The maximum atomic E-state index is 13.3. The third-order valence-corrected chi connectivity index (χ3v) is 29.1. The maximum absolute atomic E-state index is 13.3. The van der Waals surface area contributed by atoms with Crippen molar-refractivity contribution >= 4 is 164 Å². The van der Waals surface area contributed by atoms with Gasteiger partial charge in [-0.25, -0.2) is 54.8 Å². The molecule has 0 atom stereocenters. The number of anilines is 10. The van der Waals surface area contributed by atoms with Crippen molar-refractivity contribution in [3.05, 3.63) is 238 Å². The average molecular weight is 2050 g/mol. The number of aryl methyl sites for hydroxylation is 5. The minimum absolute atomic E-state index is 0.0399. The summed E-state index contributed by atoms with van der Waals surface area (Å²) in [5, 5.41) is 75.8. The number of carbonyl (C=O) groups is 2. The lowest BCUT2D eigenvalue weighted by molar-refractivity contribution is -0.149. The van der Waals surface area contributed by atoms with Crippen LogP contribution in [0, 0.1) is 40.5 Å². The second-order valence-corrected chi connectivity index (χ2v) is 40.2. The number of aromatic nitrogens is 25. The highest BCUT2D eigenvalue weighted by Crippen LogP contribution is 2.39. The molecule has 1 amide bonds. The van der Waals surface area contributed by atoms with Crippen molar-refractivity contribution in [3.63, 3.8) is 0 Å². The van der Waals surface area contributed by atoms with Crippen LogP contribution in [0.1, 0.15) is 134 Å².